The van der Waals surface area contributed by atoms with Gasteiger partial charge >= 0.3 is 0 Å². The molecule has 0 unspecified atom stereocenters. The molecular weight excluding hydrogens is 429 g/mol. The number of hydrogen-bond donors (Lipinski definition) is 1. The third-order valence-electron chi connectivity index (χ3n) is 5.75. The standard InChI is InChI=1S/C25H27Cl2N3O/c1-4-20-23(18-12-11-16(26)14-19(18)27)28-21(5-2)25(29-20)30-24-17-10-8-7-9-15(17)13-22(24)31-6-3/h7-12,14,22,24H,4-6,13H2,1-3H3,(H,29,30)/t22-,24-/m0/s1. The predicted molar refractivity (Wildman–Crippen MR) is 128 cm³/mol. The van der Waals surface area contributed by atoms with Crippen LogP contribution in [0.3, 0.4) is 0 Å². The Hall–Kier alpha value is -2.14. The summed E-state index contributed by atoms with van der Waals surface area (Å²) in [5.41, 5.74) is 6.09. The first-order valence-corrected chi connectivity index (χ1v) is 11.6. The molecule has 0 saturated heterocycles. The van der Waals surface area contributed by atoms with E-state index in [9.17, 15) is 0 Å². The normalized spacial score (nSPS) is 17.6. The summed E-state index contributed by atoms with van der Waals surface area (Å²) >= 11 is 12.6. The molecule has 1 aromatic heterocycles. The van der Waals surface area contributed by atoms with Crippen molar-refractivity contribution >= 4 is 29.0 Å². The maximum Gasteiger partial charge on any atom is 0.148 e. The van der Waals surface area contributed by atoms with Gasteiger partial charge in [-0.15, -0.1) is 0 Å². The van der Waals surface area contributed by atoms with Crippen LogP contribution < -0.4 is 5.32 Å². The predicted octanol–water partition coefficient (Wildman–Crippen LogP) is 6.69. The Morgan fingerprint density at radius 1 is 1.00 bits per heavy atom. The summed E-state index contributed by atoms with van der Waals surface area (Å²) in [6, 6.07) is 14.1. The van der Waals surface area contributed by atoms with E-state index >= 15 is 0 Å². The molecule has 0 bridgehead atoms. The fourth-order valence-corrected chi connectivity index (χ4v) is 4.75. The molecule has 0 radical (unpaired) electrons. The zero-order chi connectivity index (χ0) is 22.0. The minimum atomic E-state index is 0.0467. The Morgan fingerprint density at radius 2 is 1.77 bits per heavy atom. The number of anilines is 1. The molecule has 0 amide bonds. The lowest BCUT2D eigenvalue weighted by atomic mass is 10.1. The van der Waals surface area contributed by atoms with Crippen LogP contribution in [0, 0.1) is 0 Å². The largest absolute Gasteiger partial charge is 0.376 e. The average molecular weight is 456 g/mol. The first-order valence-electron chi connectivity index (χ1n) is 10.9. The van der Waals surface area contributed by atoms with Crippen LogP contribution in [0.1, 0.15) is 49.3 Å². The lowest BCUT2D eigenvalue weighted by Crippen LogP contribution is -2.26. The molecule has 6 heteroatoms. The van der Waals surface area contributed by atoms with Crippen molar-refractivity contribution in [1.82, 2.24) is 9.97 Å². The number of nitrogens with zero attached hydrogens (tertiary/aromatic N) is 2. The fraction of sp³-hybridized carbons (Fsp3) is 0.360. The molecule has 0 fully saturated rings. The number of aromatic nitrogens is 2. The fourth-order valence-electron chi connectivity index (χ4n) is 4.26. The van der Waals surface area contributed by atoms with Gasteiger partial charge in [0.15, 0.2) is 0 Å². The maximum atomic E-state index is 6.49. The highest BCUT2D eigenvalue weighted by Gasteiger charge is 2.33. The van der Waals surface area contributed by atoms with Crippen molar-refractivity contribution in [2.45, 2.75) is 52.2 Å². The molecule has 0 saturated carbocycles. The van der Waals surface area contributed by atoms with Gasteiger partial charge in [-0.1, -0.05) is 61.3 Å². The Bertz CT molecular complexity index is 1090. The van der Waals surface area contributed by atoms with Gasteiger partial charge in [0, 0.05) is 23.6 Å². The van der Waals surface area contributed by atoms with Crippen LogP contribution in [0.2, 0.25) is 10.0 Å². The maximum absolute atomic E-state index is 6.49. The lowest BCUT2D eigenvalue weighted by molar-refractivity contribution is 0.0573. The number of aryl methyl sites for hydroxylation is 2. The Labute approximate surface area is 194 Å². The number of ether oxygens (including phenoxy) is 1. The molecule has 0 aliphatic heterocycles. The molecule has 2 aromatic carbocycles. The van der Waals surface area contributed by atoms with E-state index in [-0.39, 0.29) is 12.1 Å². The highest BCUT2D eigenvalue weighted by molar-refractivity contribution is 6.36. The Morgan fingerprint density at radius 3 is 2.48 bits per heavy atom. The quantitative estimate of drug-likeness (QED) is 0.430. The first kappa shape index (κ1) is 22.1. The van der Waals surface area contributed by atoms with E-state index in [1.54, 1.807) is 6.07 Å². The van der Waals surface area contributed by atoms with E-state index in [0.717, 1.165) is 47.7 Å². The van der Waals surface area contributed by atoms with E-state index in [4.69, 9.17) is 37.9 Å². The summed E-state index contributed by atoms with van der Waals surface area (Å²) in [4.78, 5) is 10.0. The van der Waals surface area contributed by atoms with Gasteiger partial charge < -0.3 is 10.1 Å². The Balaban J connectivity index is 1.75. The van der Waals surface area contributed by atoms with Crippen LogP contribution in [0.15, 0.2) is 42.5 Å². The molecule has 2 atom stereocenters. The second kappa shape index (κ2) is 9.56. The number of benzene rings is 2. The van der Waals surface area contributed by atoms with Crippen LogP contribution in [0.4, 0.5) is 5.82 Å². The molecule has 31 heavy (non-hydrogen) atoms. The van der Waals surface area contributed by atoms with Gasteiger partial charge in [0.05, 0.1) is 34.3 Å². The van der Waals surface area contributed by atoms with Gasteiger partial charge in [0.2, 0.25) is 0 Å². The third kappa shape index (κ3) is 4.43. The van der Waals surface area contributed by atoms with Gasteiger partial charge in [-0.25, -0.2) is 9.97 Å². The molecule has 1 N–H and O–H groups in total. The molecule has 3 aromatic rings. The monoisotopic (exact) mass is 455 g/mol. The SMILES string of the molecule is CCO[C@H]1Cc2ccccc2[C@@H]1Nc1nc(CC)c(-c2ccc(Cl)cc2Cl)nc1CC. The van der Waals surface area contributed by atoms with Crippen molar-refractivity contribution in [2.75, 3.05) is 11.9 Å². The highest BCUT2D eigenvalue weighted by Crippen LogP contribution is 2.37. The molecule has 1 heterocycles. The molecular formula is C25H27Cl2N3O. The zero-order valence-corrected chi connectivity index (χ0v) is 19.6. The van der Waals surface area contributed by atoms with Gasteiger partial charge in [0.25, 0.3) is 0 Å². The lowest BCUT2D eigenvalue weighted by Gasteiger charge is -2.24. The van der Waals surface area contributed by atoms with Gasteiger partial charge in [0.1, 0.15) is 5.82 Å². The summed E-state index contributed by atoms with van der Waals surface area (Å²) in [5, 5.41) is 4.87. The minimum absolute atomic E-state index is 0.0467. The highest BCUT2D eigenvalue weighted by atomic mass is 35.5. The summed E-state index contributed by atoms with van der Waals surface area (Å²) in [7, 11) is 0. The third-order valence-corrected chi connectivity index (χ3v) is 6.30. The molecule has 1 aliphatic rings. The number of fused-ring (bicyclic) bond motifs is 1. The number of halogens is 2. The van der Waals surface area contributed by atoms with Crippen molar-refractivity contribution in [3.05, 3.63) is 75.0 Å². The number of hydrogen-bond acceptors (Lipinski definition) is 4. The van der Waals surface area contributed by atoms with E-state index in [2.05, 4.69) is 43.4 Å². The van der Waals surface area contributed by atoms with Crippen LogP contribution >= 0.6 is 23.2 Å². The number of rotatable bonds is 7. The summed E-state index contributed by atoms with van der Waals surface area (Å²) in [6.45, 7) is 6.89. The smallest absolute Gasteiger partial charge is 0.148 e. The van der Waals surface area contributed by atoms with Crippen molar-refractivity contribution in [3.8, 4) is 11.3 Å². The van der Waals surface area contributed by atoms with Crippen molar-refractivity contribution < 1.29 is 4.74 Å². The van der Waals surface area contributed by atoms with Crippen molar-refractivity contribution in [1.29, 1.82) is 0 Å². The topological polar surface area (TPSA) is 47.0 Å². The molecule has 0 spiro atoms. The van der Waals surface area contributed by atoms with Crippen molar-refractivity contribution in [3.63, 3.8) is 0 Å². The second-order valence-electron chi connectivity index (χ2n) is 7.66. The van der Waals surface area contributed by atoms with Crippen LogP contribution in [-0.4, -0.2) is 22.7 Å². The minimum Gasteiger partial charge on any atom is -0.376 e. The first-order chi connectivity index (χ1) is 15.0. The summed E-state index contributed by atoms with van der Waals surface area (Å²) in [6.07, 6.45) is 2.47. The average Bonchev–Trinajstić information content (AvgIpc) is 3.11. The summed E-state index contributed by atoms with van der Waals surface area (Å²) < 4.78 is 6.08. The van der Waals surface area contributed by atoms with Crippen LogP contribution in [-0.2, 0) is 24.0 Å². The molecule has 4 nitrogen and oxygen atoms in total. The second-order valence-corrected chi connectivity index (χ2v) is 8.51. The zero-order valence-electron chi connectivity index (χ0n) is 18.1. The van der Waals surface area contributed by atoms with Gasteiger partial charge in [-0.05, 0) is 49.1 Å². The van der Waals surface area contributed by atoms with E-state index < -0.39 is 0 Å². The molecule has 4 rings (SSSR count). The van der Waals surface area contributed by atoms with Crippen molar-refractivity contribution in [2.24, 2.45) is 0 Å². The van der Waals surface area contributed by atoms with E-state index in [1.165, 1.54) is 11.1 Å². The van der Waals surface area contributed by atoms with E-state index in [0.29, 0.717) is 16.7 Å². The van der Waals surface area contributed by atoms with E-state index in [1.807, 2.05) is 19.1 Å². The Kier molecular flexibility index (Phi) is 6.80. The van der Waals surface area contributed by atoms with Gasteiger partial charge in [-0.3, -0.25) is 0 Å². The van der Waals surface area contributed by atoms with Crippen LogP contribution in [0.25, 0.3) is 11.3 Å². The molecule has 162 valence electrons. The van der Waals surface area contributed by atoms with Crippen LogP contribution in [0.5, 0.6) is 0 Å². The molecule has 1 aliphatic carbocycles. The summed E-state index contributed by atoms with van der Waals surface area (Å²) in [5.74, 6) is 0.819. The van der Waals surface area contributed by atoms with Gasteiger partial charge in [-0.2, -0.15) is 0 Å². The number of nitrogens with one attached hydrogen (secondary N) is 1.